The van der Waals surface area contributed by atoms with Crippen LogP contribution in [-0.2, 0) is 4.74 Å². The van der Waals surface area contributed by atoms with E-state index in [9.17, 15) is 14.0 Å². The van der Waals surface area contributed by atoms with E-state index >= 15 is 0 Å². The fraction of sp³-hybridized carbons (Fsp3) is 0.300. The van der Waals surface area contributed by atoms with Gasteiger partial charge in [-0.2, -0.15) is 0 Å². The molecule has 1 aliphatic carbocycles. The van der Waals surface area contributed by atoms with Crippen molar-refractivity contribution in [3.63, 3.8) is 0 Å². The summed E-state index contributed by atoms with van der Waals surface area (Å²) in [6.07, 6.45) is 2.29. The Labute approximate surface area is 154 Å². The molecule has 0 unspecified atom stereocenters. The van der Waals surface area contributed by atoms with Crippen molar-refractivity contribution in [1.29, 1.82) is 0 Å². The molecular formula is C20H18FNO3S. The summed E-state index contributed by atoms with van der Waals surface area (Å²) in [4.78, 5) is 25.1. The molecule has 3 aromatic rings. The average molecular weight is 371 g/mol. The molecule has 4 rings (SSSR count). The molecule has 0 spiro atoms. The van der Waals surface area contributed by atoms with E-state index in [1.807, 2.05) is 19.9 Å². The van der Waals surface area contributed by atoms with Crippen LogP contribution in [0.2, 0.25) is 0 Å². The highest BCUT2D eigenvalue weighted by molar-refractivity contribution is 7.20. The molecule has 1 aromatic carbocycles. The Morgan fingerprint density at radius 3 is 2.73 bits per heavy atom. The molecule has 0 radical (unpaired) electrons. The van der Waals surface area contributed by atoms with Gasteiger partial charge in [-0.25, -0.2) is 9.18 Å². The number of thiophene rings is 1. The number of aromatic nitrogens is 1. The molecule has 0 atom stereocenters. The molecule has 6 heteroatoms. The molecule has 0 bridgehead atoms. The average Bonchev–Trinajstić information content (AvgIpc) is 3.27. The van der Waals surface area contributed by atoms with Gasteiger partial charge in [0.25, 0.3) is 0 Å². The normalized spacial score (nSPS) is 14.0. The van der Waals surface area contributed by atoms with E-state index in [4.69, 9.17) is 4.74 Å². The lowest BCUT2D eigenvalue weighted by Gasteiger charge is -2.07. The lowest BCUT2D eigenvalue weighted by Crippen LogP contribution is -2.14. The number of fused-ring (bicyclic) bond motifs is 1. The molecule has 26 heavy (non-hydrogen) atoms. The summed E-state index contributed by atoms with van der Waals surface area (Å²) < 4.78 is 21.5. The third-order valence-corrected chi connectivity index (χ3v) is 5.81. The minimum Gasteiger partial charge on any atom is -0.453 e. The molecule has 1 fully saturated rings. The number of ether oxygens (including phenoxy) is 1. The Hall–Kier alpha value is -2.47. The van der Waals surface area contributed by atoms with Crippen LogP contribution >= 0.6 is 11.3 Å². The highest BCUT2D eigenvalue weighted by atomic mass is 32.1. The van der Waals surface area contributed by atoms with Crippen molar-refractivity contribution >= 4 is 33.2 Å². The third kappa shape index (κ3) is 3.05. The highest BCUT2D eigenvalue weighted by Crippen LogP contribution is 2.38. The Balaban J connectivity index is 1.47. The largest absolute Gasteiger partial charge is 0.453 e. The summed E-state index contributed by atoms with van der Waals surface area (Å²) >= 11 is 1.23. The van der Waals surface area contributed by atoms with Gasteiger partial charge in [0.2, 0.25) is 5.78 Å². The minimum absolute atomic E-state index is 0.203. The molecule has 4 nitrogen and oxygen atoms in total. The quantitative estimate of drug-likeness (QED) is 0.477. The number of halogens is 1. The SMILES string of the molecule is Cc1cc(C(=O)COC(=O)c2cc3cc(F)ccc3s2)c(C)n1C1CC1. The van der Waals surface area contributed by atoms with Gasteiger partial charge in [0.1, 0.15) is 10.7 Å². The van der Waals surface area contributed by atoms with Crippen molar-refractivity contribution in [3.8, 4) is 0 Å². The van der Waals surface area contributed by atoms with Crippen molar-refractivity contribution in [2.24, 2.45) is 0 Å². The number of rotatable bonds is 5. The van der Waals surface area contributed by atoms with Crippen LogP contribution < -0.4 is 0 Å². The van der Waals surface area contributed by atoms with Gasteiger partial charge in [0.05, 0.1) is 0 Å². The second kappa shape index (κ2) is 6.36. The maximum Gasteiger partial charge on any atom is 0.348 e. The monoisotopic (exact) mass is 371 g/mol. The Morgan fingerprint density at radius 1 is 1.23 bits per heavy atom. The predicted molar refractivity (Wildman–Crippen MR) is 98.6 cm³/mol. The molecule has 2 aromatic heterocycles. The van der Waals surface area contributed by atoms with Gasteiger partial charge < -0.3 is 9.30 Å². The smallest absolute Gasteiger partial charge is 0.348 e. The summed E-state index contributed by atoms with van der Waals surface area (Å²) in [6, 6.07) is 8.32. The van der Waals surface area contributed by atoms with Crippen LogP contribution in [0.4, 0.5) is 4.39 Å². The van der Waals surface area contributed by atoms with Crippen LogP contribution in [0.25, 0.3) is 10.1 Å². The van der Waals surface area contributed by atoms with Gasteiger partial charge in [0, 0.05) is 27.7 Å². The second-order valence-corrected chi connectivity index (χ2v) is 7.76. The molecule has 134 valence electrons. The summed E-state index contributed by atoms with van der Waals surface area (Å²) in [6.45, 7) is 3.63. The van der Waals surface area contributed by atoms with E-state index < -0.39 is 5.97 Å². The van der Waals surface area contributed by atoms with Gasteiger partial charge in [-0.15, -0.1) is 11.3 Å². The zero-order valence-electron chi connectivity index (χ0n) is 14.5. The van der Waals surface area contributed by atoms with E-state index in [2.05, 4.69) is 4.57 Å². The number of benzene rings is 1. The molecule has 2 heterocycles. The lowest BCUT2D eigenvalue weighted by atomic mass is 10.1. The molecular weight excluding hydrogens is 353 g/mol. The van der Waals surface area contributed by atoms with Gasteiger partial charge in [0.15, 0.2) is 6.61 Å². The van der Waals surface area contributed by atoms with E-state index in [0.29, 0.717) is 21.9 Å². The Morgan fingerprint density at radius 2 is 2.00 bits per heavy atom. The number of carbonyl (C=O) groups is 2. The maximum absolute atomic E-state index is 13.3. The highest BCUT2D eigenvalue weighted by Gasteiger charge is 2.28. The van der Waals surface area contributed by atoms with Gasteiger partial charge in [-0.1, -0.05) is 0 Å². The van der Waals surface area contributed by atoms with Crippen LogP contribution in [0, 0.1) is 19.7 Å². The van der Waals surface area contributed by atoms with Crippen LogP contribution in [0.1, 0.15) is 50.3 Å². The van der Waals surface area contributed by atoms with Gasteiger partial charge in [-0.3, -0.25) is 4.79 Å². The summed E-state index contributed by atoms with van der Waals surface area (Å²) in [5.74, 6) is -1.11. The van der Waals surface area contributed by atoms with Crippen molar-refractivity contribution < 1.29 is 18.7 Å². The number of esters is 1. The molecule has 0 N–H and O–H groups in total. The van der Waals surface area contributed by atoms with Crippen LogP contribution in [0.3, 0.4) is 0 Å². The predicted octanol–water partition coefficient (Wildman–Crippen LogP) is 4.83. The first-order chi connectivity index (χ1) is 12.4. The summed E-state index contributed by atoms with van der Waals surface area (Å²) in [5, 5.41) is 0.654. The number of hydrogen-bond acceptors (Lipinski definition) is 4. The van der Waals surface area contributed by atoms with E-state index in [1.54, 1.807) is 12.1 Å². The second-order valence-electron chi connectivity index (χ2n) is 6.68. The molecule has 0 aliphatic heterocycles. The van der Waals surface area contributed by atoms with Crippen LogP contribution in [0.15, 0.2) is 30.3 Å². The maximum atomic E-state index is 13.3. The molecule has 1 saturated carbocycles. The van der Waals surface area contributed by atoms with Crippen molar-refractivity contribution in [1.82, 2.24) is 4.57 Å². The first kappa shape index (κ1) is 17.0. The number of hydrogen-bond donors (Lipinski definition) is 0. The van der Waals surface area contributed by atoms with Gasteiger partial charge >= 0.3 is 5.97 Å². The van der Waals surface area contributed by atoms with Crippen molar-refractivity contribution in [2.75, 3.05) is 6.61 Å². The van der Waals surface area contributed by atoms with Crippen LogP contribution in [0.5, 0.6) is 0 Å². The topological polar surface area (TPSA) is 48.3 Å². The first-order valence-corrected chi connectivity index (χ1v) is 9.33. The minimum atomic E-state index is -0.559. The Kier molecular flexibility index (Phi) is 4.15. The van der Waals surface area contributed by atoms with E-state index in [-0.39, 0.29) is 18.2 Å². The molecule has 0 amide bonds. The number of ketones is 1. The first-order valence-electron chi connectivity index (χ1n) is 8.52. The number of nitrogens with zero attached hydrogens (tertiary/aromatic N) is 1. The molecule has 1 aliphatic rings. The fourth-order valence-corrected chi connectivity index (χ4v) is 4.29. The van der Waals surface area contributed by atoms with Crippen molar-refractivity contribution in [3.05, 3.63) is 58.0 Å². The lowest BCUT2D eigenvalue weighted by molar-refractivity contribution is 0.0479. The molecule has 0 saturated heterocycles. The van der Waals surface area contributed by atoms with E-state index in [1.165, 1.54) is 23.5 Å². The summed E-state index contributed by atoms with van der Waals surface area (Å²) in [7, 11) is 0. The van der Waals surface area contributed by atoms with Crippen molar-refractivity contribution in [2.45, 2.75) is 32.7 Å². The third-order valence-electron chi connectivity index (χ3n) is 4.71. The van der Waals surface area contributed by atoms with E-state index in [0.717, 1.165) is 28.9 Å². The summed E-state index contributed by atoms with van der Waals surface area (Å²) in [5.41, 5.74) is 2.61. The van der Waals surface area contributed by atoms with Gasteiger partial charge in [-0.05, 0) is 62.4 Å². The zero-order valence-corrected chi connectivity index (χ0v) is 15.4. The Bertz CT molecular complexity index is 1030. The standard InChI is InChI=1S/C20H18FNO3S/c1-11-7-16(12(2)22(11)15-4-5-15)17(23)10-25-20(24)19-9-13-8-14(21)3-6-18(13)26-19/h3,6-9,15H,4-5,10H2,1-2H3. The number of Topliss-reactive ketones (excluding diaryl/α,β-unsaturated/α-hetero) is 1. The number of carbonyl (C=O) groups excluding carboxylic acids is 2. The zero-order chi connectivity index (χ0) is 18.4. The number of aryl methyl sites for hydroxylation is 1. The fourth-order valence-electron chi connectivity index (χ4n) is 3.35. The van der Waals surface area contributed by atoms with Crippen LogP contribution in [-0.4, -0.2) is 22.9 Å².